The summed E-state index contributed by atoms with van der Waals surface area (Å²) >= 11 is 0. The van der Waals surface area contributed by atoms with Crippen molar-refractivity contribution in [2.24, 2.45) is 7.05 Å². The van der Waals surface area contributed by atoms with E-state index < -0.39 is 0 Å². The lowest BCUT2D eigenvalue weighted by Gasteiger charge is -2.15. The first-order valence-electron chi connectivity index (χ1n) is 6.13. The molecule has 1 N–H and O–H groups in total. The summed E-state index contributed by atoms with van der Waals surface area (Å²) in [5, 5.41) is 15.6. The fraction of sp³-hybridized carbons (Fsp3) is 0.500. The smallest absolute Gasteiger partial charge is 0.176 e. The second-order valence-electron chi connectivity index (χ2n) is 4.21. The predicted molar refractivity (Wildman–Crippen MR) is 67.9 cm³/mol. The first-order valence-corrected chi connectivity index (χ1v) is 6.13. The minimum Gasteiger partial charge on any atom is -0.313 e. The molecule has 1 unspecified atom stereocenters. The number of hydrogen-bond donors (Lipinski definition) is 1. The van der Waals surface area contributed by atoms with Crippen molar-refractivity contribution in [2.45, 2.75) is 25.8 Å². The van der Waals surface area contributed by atoms with Gasteiger partial charge in [0.25, 0.3) is 0 Å². The van der Waals surface area contributed by atoms with Crippen LogP contribution in [0.3, 0.4) is 0 Å². The molecule has 0 radical (unpaired) electrons. The van der Waals surface area contributed by atoms with E-state index in [0.29, 0.717) is 6.04 Å². The highest BCUT2D eigenvalue weighted by atomic mass is 15.6. The van der Waals surface area contributed by atoms with Crippen molar-refractivity contribution >= 4 is 0 Å². The molecular weight excluding hydrogens is 228 g/mol. The van der Waals surface area contributed by atoms with E-state index in [0.717, 1.165) is 25.2 Å². The van der Waals surface area contributed by atoms with Crippen LogP contribution in [0.15, 0.2) is 24.5 Å². The Balaban J connectivity index is 1.99. The molecule has 2 aromatic heterocycles. The van der Waals surface area contributed by atoms with Crippen molar-refractivity contribution in [2.75, 3.05) is 6.54 Å². The Kier molecular flexibility index (Phi) is 4.35. The predicted octanol–water partition coefficient (Wildman–Crippen LogP) is 0.368. The third-order valence-corrected chi connectivity index (χ3v) is 2.70. The van der Waals surface area contributed by atoms with E-state index in [1.807, 2.05) is 24.5 Å². The second kappa shape index (κ2) is 6.20. The molecule has 0 aliphatic carbocycles. The zero-order chi connectivity index (χ0) is 12.8. The molecule has 0 aliphatic heterocycles. The van der Waals surface area contributed by atoms with Crippen molar-refractivity contribution in [3.05, 3.63) is 35.9 Å². The fourth-order valence-corrected chi connectivity index (χ4v) is 1.93. The number of likely N-dealkylation sites (N-methyl/N-ethyl adjacent to an activating group) is 1. The van der Waals surface area contributed by atoms with Gasteiger partial charge in [0, 0.05) is 24.9 Å². The summed E-state index contributed by atoms with van der Waals surface area (Å²) in [7, 11) is 1.78. The summed E-state index contributed by atoms with van der Waals surface area (Å²) in [5.41, 5.74) is 1.26. The van der Waals surface area contributed by atoms with Gasteiger partial charge in [-0.05, 0) is 35.9 Å². The van der Waals surface area contributed by atoms with Crippen molar-refractivity contribution in [3.63, 3.8) is 0 Å². The number of aromatic nitrogens is 5. The van der Waals surface area contributed by atoms with Crippen LogP contribution in [0, 0.1) is 0 Å². The first kappa shape index (κ1) is 12.6. The molecule has 2 rings (SSSR count). The highest BCUT2D eigenvalue weighted by Gasteiger charge is 2.12. The molecule has 2 heterocycles. The maximum Gasteiger partial charge on any atom is 0.176 e. The summed E-state index contributed by atoms with van der Waals surface area (Å²) in [4.78, 5) is 5.52. The Morgan fingerprint density at radius 2 is 2.06 bits per heavy atom. The molecule has 0 saturated carbocycles. The van der Waals surface area contributed by atoms with Crippen LogP contribution in [0.1, 0.15) is 18.3 Å². The van der Waals surface area contributed by atoms with Gasteiger partial charge in [-0.1, -0.05) is 6.92 Å². The normalized spacial score (nSPS) is 12.6. The lowest BCUT2D eigenvalue weighted by atomic mass is 10.0. The van der Waals surface area contributed by atoms with Crippen LogP contribution in [0.2, 0.25) is 0 Å². The molecule has 0 amide bonds. The number of aryl methyl sites for hydroxylation is 1. The SMILES string of the molecule is CCNC(Cc1ccncc1)Cc1nnn(C)n1. The monoisotopic (exact) mass is 246 g/mol. The number of rotatable bonds is 6. The van der Waals surface area contributed by atoms with Crippen molar-refractivity contribution in [1.29, 1.82) is 0 Å². The maximum atomic E-state index is 4.22. The van der Waals surface area contributed by atoms with E-state index in [1.165, 1.54) is 10.4 Å². The summed E-state index contributed by atoms with van der Waals surface area (Å²) < 4.78 is 0. The van der Waals surface area contributed by atoms with E-state index in [1.54, 1.807) is 7.05 Å². The summed E-state index contributed by atoms with van der Waals surface area (Å²) in [6, 6.07) is 4.39. The lowest BCUT2D eigenvalue weighted by molar-refractivity contribution is 0.509. The van der Waals surface area contributed by atoms with Gasteiger partial charge < -0.3 is 5.32 Å². The number of tetrazole rings is 1. The van der Waals surface area contributed by atoms with Crippen LogP contribution in [0.4, 0.5) is 0 Å². The van der Waals surface area contributed by atoms with Crippen molar-refractivity contribution in [1.82, 2.24) is 30.5 Å². The fourth-order valence-electron chi connectivity index (χ4n) is 1.93. The van der Waals surface area contributed by atoms with Crippen LogP contribution in [-0.2, 0) is 19.9 Å². The Morgan fingerprint density at radius 1 is 1.28 bits per heavy atom. The molecule has 0 aliphatic rings. The largest absolute Gasteiger partial charge is 0.313 e. The van der Waals surface area contributed by atoms with Crippen LogP contribution < -0.4 is 5.32 Å². The van der Waals surface area contributed by atoms with Gasteiger partial charge in [-0.3, -0.25) is 4.98 Å². The highest BCUT2D eigenvalue weighted by Crippen LogP contribution is 2.05. The standard InChI is InChI=1S/C12H18N6/c1-3-14-11(8-10-4-6-13-7-5-10)9-12-15-17-18(2)16-12/h4-7,11,14H,3,8-9H2,1-2H3. The molecule has 1 atom stereocenters. The average molecular weight is 246 g/mol. The zero-order valence-electron chi connectivity index (χ0n) is 10.7. The van der Waals surface area contributed by atoms with E-state index in [9.17, 15) is 0 Å². The first-order chi connectivity index (χ1) is 8.78. The Labute approximate surface area is 106 Å². The van der Waals surface area contributed by atoms with Crippen LogP contribution in [0.25, 0.3) is 0 Å². The summed E-state index contributed by atoms with van der Waals surface area (Å²) in [5.74, 6) is 0.775. The van der Waals surface area contributed by atoms with Gasteiger partial charge >= 0.3 is 0 Å². The molecule has 18 heavy (non-hydrogen) atoms. The number of nitrogens with zero attached hydrogens (tertiary/aromatic N) is 5. The Bertz CT molecular complexity index is 466. The second-order valence-corrected chi connectivity index (χ2v) is 4.21. The van der Waals surface area contributed by atoms with E-state index in [-0.39, 0.29) is 0 Å². The van der Waals surface area contributed by atoms with Crippen molar-refractivity contribution < 1.29 is 0 Å². The molecular formula is C12H18N6. The number of pyridine rings is 1. The molecule has 0 saturated heterocycles. The van der Waals surface area contributed by atoms with Gasteiger partial charge in [0.05, 0.1) is 7.05 Å². The van der Waals surface area contributed by atoms with Gasteiger partial charge in [-0.2, -0.15) is 4.80 Å². The molecule has 96 valence electrons. The molecule has 0 bridgehead atoms. The molecule has 6 nitrogen and oxygen atoms in total. The Morgan fingerprint density at radius 3 is 2.67 bits per heavy atom. The highest BCUT2D eigenvalue weighted by molar-refractivity contribution is 5.11. The summed E-state index contributed by atoms with van der Waals surface area (Å²) in [6.07, 6.45) is 5.36. The minimum atomic E-state index is 0.321. The van der Waals surface area contributed by atoms with Crippen LogP contribution in [0.5, 0.6) is 0 Å². The molecule has 6 heteroatoms. The number of hydrogen-bond acceptors (Lipinski definition) is 5. The third kappa shape index (κ3) is 3.59. The minimum absolute atomic E-state index is 0.321. The van der Waals surface area contributed by atoms with Gasteiger partial charge in [0.1, 0.15) is 0 Å². The molecule has 0 fully saturated rings. The van der Waals surface area contributed by atoms with Crippen LogP contribution >= 0.6 is 0 Å². The van der Waals surface area contributed by atoms with E-state index in [2.05, 4.69) is 32.6 Å². The third-order valence-electron chi connectivity index (χ3n) is 2.70. The van der Waals surface area contributed by atoms with Gasteiger partial charge in [0.15, 0.2) is 5.82 Å². The van der Waals surface area contributed by atoms with Crippen molar-refractivity contribution in [3.8, 4) is 0 Å². The quantitative estimate of drug-likeness (QED) is 0.797. The Hall–Kier alpha value is -1.82. The van der Waals surface area contributed by atoms with Gasteiger partial charge in [-0.15, -0.1) is 10.2 Å². The van der Waals surface area contributed by atoms with Crippen LogP contribution in [-0.4, -0.2) is 37.8 Å². The number of nitrogens with one attached hydrogen (secondary N) is 1. The van der Waals surface area contributed by atoms with E-state index in [4.69, 9.17) is 0 Å². The van der Waals surface area contributed by atoms with Gasteiger partial charge in [0.2, 0.25) is 0 Å². The summed E-state index contributed by atoms with van der Waals surface area (Å²) in [6.45, 7) is 3.03. The lowest BCUT2D eigenvalue weighted by Crippen LogP contribution is -2.33. The zero-order valence-corrected chi connectivity index (χ0v) is 10.7. The van der Waals surface area contributed by atoms with E-state index >= 15 is 0 Å². The topological polar surface area (TPSA) is 68.5 Å². The average Bonchev–Trinajstić information content (AvgIpc) is 2.76. The maximum absolute atomic E-state index is 4.22. The molecule has 2 aromatic rings. The molecule has 0 aromatic carbocycles. The van der Waals surface area contributed by atoms with Gasteiger partial charge in [-0.25, -0.2) is 0 Å². The molecule has 0 spiro atoms.